The van der Waals surface area contributed by atoms with E-state index in [4.69, 9.17) is 23.4 Å². The van der Waals surface area contributed by atoms with Crippen LogP contribution in [0, 0.1) is 12.7 Å². The van der Waals surface area contributed by atoms with Crippen LogP contribution in [-0.2, 0) is 16.1 Å². The van der Waals surface area contributed by atoms with Gasteiger partial charge in [0.2, 0.25) is 6.10 Å². The molecular formula is C24H21FO7. The van der Waals surface area contributed by atoms with Gasteiger partial charge < -0.3 is 23.4 Å². The van der Waals surface area contributed by atoms with Crippen LogP contribution in [0.4, 0.5) is 4.39 Å². The van der Waals surface area contributed by atoms with E-state index in [0.29, 0.717) is 22.6 Å². The summed E-state index contributed by atoms with van der Waals surface area (Å²) in [5, 5.41) is 0. The topological polar surface area (TPSA) is 84.2 Å². The van der Waals surface area contributed by atoms with E-state index in [2.05, 4.69) is 0 Å². The first-order valence-corrected chi connectivity index (χ1v) is 9.86. The van der Waals surface area contributed by atoms with Gasteiger partial charge in [0.05, 0.1) is 25.7 Å². The van der Waals surface area contributed by atoms with E-state index in [1.165, 1.54) is 20.3 Å². The molecule has 0 bridgehead atoms. The van der Waals surface area contributed by atoms with Crippen molar-refractivity contribution >= 4 is 5.97 Å². The summed E-state index contributed by atoms with van der Waals surface area (Å²) in [4.78, 5) is 25.3. The van der Waals surface area contributed by atoms with Crippen molar-refractivity contribution in [2.24, 2.45) is 0 Å². The molecule has 2 atom stereocenters. The lowest BCUT2D eigenvalue weighted by Gasteiger charge is -2.21. The molecule has 0 spiro atoms. The first-order valence-electron chi connectivity index (χ1n) is 9.86. The minimum atomic E-state index is -1.14. The molecule has 3 aromatic rings. The first-order chi connectivity index (χ1) is 15.4. The number of aryl methyl sites for hydroxylation is 1. The van der Waals surface area contributed by atoms with Crippen molar-refractivity contribution in [2.45, 2.75) is 25.6 Å². The van der Waals surface area contributed by atoms with Crippen LogP contribution in [0.25, 0.3) is 0 Å². The third-order valence-corrected chi connectivity index (χ3v) is 5.27. The average Bonchev–Trinajstić information content (AvgIpc) is 3.17. The monoisotopic (exact) mass is 440 g/mol. The highest BCUT2D eigenvalue weighted by Crippen LogP contribution is 2.46. The molecule has 0 fully saturated rings. The number of benzene rings is 2. The first kappa shape index (κ1) is 21.4. The van der Waals surface area contributed by atoms with E-state index in [-0.39, 0.29) is 23.7 Å². The predicted molar refractivity (Wildman–Crippen MR) is 112 cm³/mol. The lowest BCUT2D eigenvalue weighted by Crippen LogP contribution is -2.32. The molecule has 1 aliphatic rings. The van der Waals surface area contributed by atoms with Crippen LogP contribution in [0.15, 0.2) is 57.7 Å². The van der Waals surface area contributed by atoms with E-state index < -0.39 is 29.4 Å². The van der Waals surface area contributed by atoms with Gasteiger partial charge >= 0.3 is 11.6 Å². The molecule has 32 heavy (non-hydrogen) atoms. The molecule has 2 heterocycles. The van der Waals surface area contributed by atoms with Gasteiger partial charge in [-0.15, -0.1) is 0 Å². The Morgan fingerprint density at radius 1 is 1.12 bits per heavy atom. The van der Waals surface area contributed by atoms with Gasteiger partial charge in [-0.25, -0.2) is 14.0 Å². The molecule has 0 amide bonds. The number of methoxy groups -OCH3 is 2. The lowest BCUT2D eigenvalue weighted by atomic mass is 9.88. The fraction of sp³-hybridized carbons (Fsp3) is 0.250. The van der Waals surface area contributed by atoms with E-state index in [9.17, 15) is 14.0 Å². The molecule has 166 valence electrons. The van der Waals surface area contributed by atoms with Crippen molar-refractivity contribution in [1.82, 2.24) is 0 Å². The Balaban J connectivity index is 1.84. The standard InChI is InChI=1S/C24H21FO7/c1-13-11-18-20(23(26)31-13)19(22(32-18)24(27)29-3)15-8-6-10-17(28-2)21(15)30-12-14-7-4-5-9-16(14)25/h4-11,19,22H,12H2,1-3H3/t19-,22+/m0/s1. The SMILES string of the molecule is COC(=O)[C@@H]1Oc2cc(C)oc(=O)c2[C@@H]1c1cccc(OC)c1OCc1ccccc1F. The Morgan fingerprint density at radius 2 is 1.91 bits per heavy atom. The quantitative estimate of drug-likeness (QED) is 0.540. The van der Waals surface area contributed by atoms with Gasteiger partial charge in [0.1, 0.15) is 23.9 Å². The fourth-order valence-electron chi connectivity index (χ4n) is 3.80. The Morgan fingerprint density at radius 3 is 2.62 bits per heavy atom. The maximum absolute atomic E-state index is 14.1. The second-order valence-corrected chi connectivity index (χ2v) is 7.22. The summed E-state index contributed by atoms with van der Waals surface area (Å²) in [7, 11) is 2.70. The number of hydrogen-bond donors (Lipinski definition) is 0. The number of ether oxygens (including phenoxy) is 4. The van der Waals surface area contributed by atoms with E-state index in [1.807, 2.05) is 0 Å². The maximum atomic E-state index is 14.1. The third kappa shape index (κ3) is 3.79. The van der Waals surface area contributed by atoms with E-state index in [1.54, 1.807) is 49.4 Å². The van der Waals surface area contributed by atoms with Gasteiger partial charge in [0.25, 0.3) is 0 Å². The molecule has 8 heteroatoms. The van der Waals surface area contributed by atoms with E-state index in [0.717, 1.165) is 0 Å². The Bertz CT molecular complexity index is 1220. The van der Waals surface area contributed by atoms with Crippen LogP contribution in [0.5, 0.6) is 17.2 Å². The third-order valence-electron chi connectivity index (χ3n) is 5.27. The highest BCUT2D eigenvalue weighted by molar-refractivity contribution is 5.79. The molecule has 0 saturated carbocycles. The number of rotatable bonds is 6. The van der Waals surface area contributed by atoms with Crippen LogP contribution in [0.1, 0.15) is 28.4 Å². The zero-order valence-electron chi connectivity index (χ0n) is 17.7. The molecule has 4 rings (SSSR count). The largest absolute Gasteiger partial charge is 0.493 e. The highest BCUT2D eigenvalue weighted by Gasteiger charge is 2.45. The molecule has 7 nitrogen and oxygen atoms in total. The second kappa shape index (κ2) is 8.74. The number of halogens is 1. The van der Waals surface area contributed by atoms with Gasteiger partial charge in [-0.1, -0.05) is 30.3 Å². The Kier molecular flexibility index (Phi) is 5.85. The smallest absolute Gasteiger partial charge is 0.348 e. The van der Waals surface area contributed by atoms with Crippen LogP contribution in [-0.4, -0.2) is 26.3 Å². The number of carbonyl (C=O) groups excluding carboxylic acids is 1. The van der Waals surface area contributed by atoms with Gasteiger partial charge in [-0.2, -0.15) is 0 Å². The van der Waals surface area contributed by atoms with Crippen molar-refractivity contribution in [3.8, 4) is 17.2 Å². The van der Waals surface area contributed by atoms with Gasteiger partial charge in [0.15, 0.2) is 11.5 Å². The summed E-state index contributed by atoms with van der Waals surface area (Å²) >= 11 is 0. The lowest BCUT2D eigenvalue weighted by molar-refractivity contribution is -0.148. The van der Waals surface area contributed by atoms with Crippen molar-refractivity contribution in [2.75, 3.05) is 14.2 Å². The number of fused-ring (bicyclic) bond motifs is 1. The number of para-hydroxylation sites is 1. The predicted octanol–water partition coefficient (Wildman–Crippen LogP) is 3.74. The Labute approximate surface area is 183 Å². The summed E-state index contributed by atoms with van der Waals surface area (Å²) in [6, 6.07) is 12.8. The number of esters is 1. The maximum Gasteiger partial charge on any atom is 0.348 e. The van der Waals surface area contributed by atoms with Crippen molar-refractivity contribution in [3.05, 3.63) is 87.2 Å². The molecule has 0 radical (unpaired) electrons. The second-order valence-electron chi connectivity index (χ2n) is 7.22. The normalized spacial score (nSPS) is 16.8. The van der Waals surface area contributed by atoms with Crippen molar-refractivity contribution in [1.29, 1.82) is 0 Å². The summed E-state index contributed by atoms with van der Waals surface area (Å²) in [6.45, 7) is 1.52. The number of carbonyl (C=O) groups is 1. The van der Waals surface area contributed by atoms with Crippen molar-refractivity contribution in [3.63, 3.8) is 0 Å². The number of hydrogen-bond acceptors (Lipinski definition) is 7. The summed E-state index contributed by atoms with van der Waals surface area (Å²) in [5.41, 5.74) is 0.340. The molecule has 1 aliphatic heterocycles. The Hall–Kier alpha value is -3.81. The van der Waals surface area contributed by atoms with Crippen LogP contribution < -0.4 is 19.8 Å². The summed E-state index contributed by atoms with van der Waals surface area (Å²) < 4.78 is 41.5. The molecule has 1 aromatic heterocycles. The molecule has 0 unspecified atom stereocenters. The molecular weight excluding hydrogens is 419 g/mol. The fourth-order valence-corrected chi connectivity index (χ4v) is 3.80. The van der Waals surface area contributed by atoms with Crippen molar-refractivity contribution < 1.29 is 32.5 Å². The summed E-state index contributed by atoms with van der Waals surface area (Å²) in [6.07, 6.45) is -1.14. The zero-order valence-corrected chi connectivity index (χ0v) is 17.7. The van der Waals surface area contributed by atoms with Crippen LogP contribution >= 0.6 is 0 Å². The summed E-state index contributed by atoms with van der Waals surface area (Å²) in [5.74, 6) is -0.754. The molecule has 2 aromatic carbocycles. The average molecular weight is 440 g/mol. The minimum absolute atomic E-state index is 0.0914. The highest BCUT2D eigenvalue weighted by atomic mass is 19.1. The van der Waals surface area contributed by atoms with Gasteiger partial charge in [0, 0.05) is 17.2 Å². The van der Waals surface area contributed by atoms with E-state index >= 15 is 0 Å². The minimum Gasteiger partial charge on any atom is -0.493 e. The molecule has 0 aliphatic carbocycles. The molecule has 0 saturated heterocycles. The molecule has 0 N–H and O–H groups in total. The van der Waals surface area contributed by atoms with Gasteiger partial charge in [-0.3, -0.25) is 0 Å². The zero-order chi connectivity index (χ0) is 22.8. The van der Waals surface area contributed by atoms with Crippen LogP contribution in [0.3, 0.4) is 0 Å². The van der Waals surface area contributed by atoms with Gasteiger partial charge in [-0.05, 0) is 19.1 Å². The van der Waals surface area contributed by atoms with Crippen LogP contribution in [0.2, 0.25) is 0 Å².